The van der Waals surface area contributed by atoms with Crippen LogP contribution in [0.5, 0.6) is 0 Å². The molecule has 76 valence electrons. The van der Waals surface area contributed by atoms with Gasteiger partial charge in [-0.3, -0.25) is 4.79 Å². The average Bonchev–Trinajstić information content (AvgIpc) is 2.03. The van der Waals surface area contributed by atoms with Crippen LogP contribution >= 0.6 is 0 Å². The minimum absolute atomic E-state index is 0.102. The van der Waals surface area contributed by atoms with E-state index in [1.807, 2.05) is 0 Å². The first-order valence-electron chi connectivity index (χ1n) is 4.86. The SMILES string of the molecule is CC(C)(C)C1CCNCC1C(=O)O. The summed E-state index contributed by atoms with van der Waals surface area (Å²) < 4.78 is 0. The van der Waals surface area contributed by atoms with Crippen molar-refractivity contribution in [1.29, 1.82) is 0 Å². The summed E-state index contributed by atoms with van der Waals surface area (Å²) in [5, 5.41) is 12.2. The molecule has 0 saturated carbocycles. The van der Waals surface area contributed by atoms with Gasteiger partial charge in [-0.25, -0.2) is 0 Å². The van der Waals surface area contributed by atoms with Crippen molar-refractivity contribution in [3.05, 3.63) is 0 Å². The van der Waals surface area contributed by atoms with Crippen molar-refractivity contribution in [3.8, 4) is 0 Å². The van der Waals surface area contributed by atoms with E-state index in [4.69, 9.17) is 5.11 Å². The topological polar surface area (TPSA) is 49.3 Å². The molecule has 1 rings (SSSR count). The Kier molecular flexibility index (Phi) is 2.96. The van der Waals surface area contributed by atoms with E-state index in [0.717, 1.165) is 13.0 Å². The number of hydrogen-bond acceptors (Lipinski definition) is 2. The quantitative estimate of drug-likeness (QED) is 0.648. The first-order valence-corrected chi connectivity index (χ1v) is 4.86. The Labute approximate surface area is 79.5 Å². The second-order valence-corrected chi connectivity index (χ2v) is 4.91. The summed E-state index contributed by atoms with van der Waals surface area (Å²) >= 11 is 0. The maximum atomic E-state index is 11.0. The Morgan fingerprint density at radius 2 is 2.08 bits per heavy atom. The minimum atomic E-state index is -0.660. The summed E-state index contributed by atoms with van der Waals surface area (Å²) in [4.78, 5) is 11.0. The molecule has 1 aliphatic rings. The number of piperidine rings is 1. The van der Waals surface area contributed by atoms with Crippen LogP contribution in [0.1, 0.15) is 27.2 Å². The van der Waals surface area contributed by atoms with E-state index in [1.54, 1.807) is 0 Å². The predicted octanol–water partition coefficient (Wildman–Crippen LogP) is 1.34. The molecule has 1 saturated heterocycles. The number of nitrogens with one attached hydrogen (secondary N) is 1. The van der Waals surface area contributed by atoms with Crippen LogP contribution in [-0.4, -0.2) is 24.2 Å². The lowest BCUT2D eigenvalue weighted by molar-refractivity contribution is -0.146. The summed E-state index contributed by atoms with van der Waals surface area (Å²) in [5.74, 6) is -0.577. The summed E-state index contributed by atoms with van der Waals surface area (Å²) in [6, 6.07) is 0. The molecule has 1 fully saturated rings. The van der Waals surface area contributed by atoms with Gasteiger partial charge < -0.3 is 10.4 Å². The fraction of sp³-hybridized carbons (Fsp3) is 0.900. The molecular formula is C10H19NO2. The van der Waals surface area contributed by atoms with Crippen molar-refractivity contribution in [3.63, 3.8) is 0 Å². The molecule has 0 radical (unpaired) electrons. The van der Waals surface area contributed by atoms with Gasteiger partial charge in [0.1, 0.15) is 0 Å². The van der Waals surface area contributed by atoms with Crippen molar-refractivity contribution in [1.82, 2.24) is 5.32 Å². The zero-order valence-corrected chi connectivity index (χ0v) is 8.63. The van der Waals surface area contributed by atoms with Crippen LogP contribution in [0.15, 0.2) is 0 Å². The highest BCUT2D eigenvalue weighted by atomic mass is 16.4. The zero-order chi connectivity index (χ0) is 10.1. The molecule has 0 bridgehead atoms. The molecule has 0 amide bonds. The van der Waals surface area contributed by atoms with Crippen LogP contribution in [0.3, 0.4) is 0 Å². The summed E-state index contributed by atoms with van der Waals surface area (Å²) in [5.41, 5.74) is 0.102. The average molecular weight is 185 g/mol. The Hall–Kier alpha value is -0.570. The molecule has 13 heavy (non-hydrogen) atoms. The Morgan fingerprint density at radius 1 is 1.46 bits per heavy atom. The third-order valence-corrected chi connectivity index (χ3v) is 2.91. The second-order valence-electron chi connectivity index (χ2n) is 4.91. The van der Waals surface area contributed by atoms with E-state index in [0.29, 0.717) is 12.5 Å². The highest BCUT2D eigenvalue weighted by Gasteiger charge is 2.37. The molecule has 3 heteroatoms. The number of rotatable bonds is 1. The van der Waals surface area contributed by atoms with Crippen LogP contribution < -0.4 is 5.32 Å². The molecule has 0 aliphatic carbocycles. The Morgan fingerprint density at radius 3 is 2.46 bits per heavy atom. The number of carboxylic acids is 1. The van der Waals surface area contributed by atoms with E-state index in [1.165, 1.54) is 0 Å². The van der Waals surface area contributed by atoms with Crippen LogP contribution in [0.4, 0.5) is 0 Å². The molecule has 0 aromatic rings. The van der Waals surface area contributed by atoms with E-state index >= 15 is 0 Å². The molecule has 2 unspecified atom stereocenters. The van der Waals surface area contributed by atoms with Gasteiger partial charge in [-0.1, -0.05) is 20.8 Å². The van der Waals surface area contributed by atoms with Crippen LogP contribution in [0, 0.1) is 17.3 Å². The van der Waals surface area contributed by atoms with Gasteiger partial charge >= 0.3 is 5.97 Å². The number of carboxylic acid groups (broad SMARTS) is 1. The monoisotopic (exact) mass is 185 g/mol. The molecule has 3 nitrogen and oxygen atoms in total. The maximum Gasteiger partial charge on any atom is 0.308 e. The Balaban J connectivity index is 2.73. The van der Waals surface area contributed by atoms with E-state index in [-0.39, 0.29) is 11.3 Å². The lowest BCUT2D eigenvalue weighted by Crippen LogP contribution is -2.45. The molecule has 0 aromatic heterocycles. The number of carbonyl (C=O) groups is 1. The predicted molar refractivity (Wildman–Crippen MR) is 51.6 cm³/mol. The van der Waals surface area contributed by atoms with E-state index in [2.05, 4.69) is 26.1 Å². The van der Waals surface area contributed by atoms with Crippen molar-refractivity contribution >= 4 is 5.97 Å². The van der Waals surface area contributed by atoms with Crippen molar-refractivity contribution < 1.29 is 9.90 Å². The maximum absolute atomic E-state index is 11.0. The smallest absolute Gasteiger partial charge is 0.308 e. The standard InChI is InChI=1S/C10H19NO2/c1-10(2,3)8-4-5-11-6-7(8)9(12)13/h7-8,11H,4-6H2,1-3H3,(H,12,13). The zero-order valence-electron chi connectivity index (χ0n) is 8.63. The fourth-order valence-electron chi connectivity index (χ4n) is 2.15. The van der Waals surface area contributed by atoms with Crippen molar-refractivity contribution in [2.75, 3.05) is 13.1 Å². The highest BCUT2D eigenvalue weighted by molar-refractivity contribution is 5.71. The van der Waals surface area contributed by atoms with Gasteiger partial charge in [-0.2, -0.15) is 0 Å². The molecule has 2 atom stereocenters. The van der Waals surface area contributed by atoms with Crippen molar-refractivity contribution in [2.24, 2.45) is 17.3 Å². The van der Waals surface area contributed by atoms with Gasteiger partial charge in [0.2, 0.25) is 0 Å². The van der Waals surface area contributed by atoms with Crippen LogP contribution in [0.25, 0.3) is 0 Å². The second kappa shape index (κ2) is 3.66. The Bertz CT molecular complexity index is 196. The third-order valence-electron chi connectivity index (χ3n) is 2.91. The lowest BCUT2D eigenvalue weighted by Gasteiger charge is -2.38. The molecule has 1 heterocycles. The van der Waals surface area contributed by atoms with Gasteiger partial charge in [-0.15, -0.1) is 0 Å². The summed E-state index contributed by atoms with van der Waals surface area (Å²) in [6.07, 6.45) is 0.973. The van der Waals surface area contributed by atoms with Crippen LogP contribution in [0.2, 0.25) is 0 Å². The van der Waals surface area contributed by atoms with Gasteiger partial charge in [-0.05, 0) is 24.3 Å². The first-order chi connectivity index (χ1) is 5.93. The van der Waals surface area contributed by atoms with E-state index in [9.17, 15) is 4.79 Å². The number of hydrogen-bond donors (Lipinski definition) is 2. The molecule has 2 N–H and O–H groups in total. The van der Waals surface area contributed by atoms with Gasteiger partial charge in [0.25, 0.3) is 0 Å². The third kappa shape index (κ3) is 2.44. The molecular weight excluding hydrogens is 166 g/mol. The van der Waals surface area contributed by atoms with E-state index < -0.39 is 5.97 Å². The largest absolute Gasteiger partial charge is 0.481 e. The summed E-state index contributed by atoms with van der Waals surface area (Å²) in [7, 11) is 0. The molecule has 1 aliphatic heterocycles. The molecule has 0 aromatic carbocycles. The van der Waals surface area contributed by atoms with Gasteiger partial charge in [0.05, 0.1) is 5.92 Å². The fourth-order valence-corrected chi connectivity index (χ4v) is 2.15. The van der Waals surface area contributed by atoms with Crippen LogP contribution in [-0.2, 0) is 4.79 Å². The molecule has 0 spiro atoms. The number of aliphatic carboxylic acids is 1. The first kappa shape index (κ1) is 10.5. The normalized spacial score (nSPS) is 30.1. The van der Waals surface area contributed by atoms with Gasteiger partial charge in [0.15, 0.2) is 0 Å². The minimum Gasteiger partial charge on any atom is -0.481 e. The lowest BCUT2D eigenvalue weighted by atomic mass is 9.70. The van der Waals surface area contributed by atoms with Gasteiger partial charge in [0, 0.05) is 6.54 Å². The summed E-state index contributed by atoms with van der Waals surface area (Å²) in [6.45, 7) is 7.94. The van der Waals surface area contributed by atoms with Crippen molar-refractivity contribution in [2.45, 2.75) is 27.2 Å². The highest BCUT2D eigenvalue weighted by Crippen LogP contribution is 2.36.